The highest BCUT2D eigenvalue weighted by Crippen LogP contribution is 2.24. The molecule has 9 heteroatoms. The highest BCUT2D eigenvalue weighted by Gasteiger charge is 2.30. The van der Waals surface area contributed by atoms with Crippen molar-refractivity contribution in [3.63, 3.8) is 0 Å². The van der Waals surface area contributed by atoms with E-state index < -0.39 is 5.82 Å². The van der Waals surface area contributed by atoms with Crippen LogP contribution in [0.1, 0.15) is 29.3 Å². The van der Waals surface area contributed by atoms with Crippen molar-refractivity contribution in [1.82, 2.24) is 24.6 Å². The molecule has 1 unspecified atom stereocenters. The molecule has 174 valence electrons. The van der Waals surface area contributed by atoms with Gasteiger partial charge in [-0.05, 0) is 50.6 Å². The molecule has 0 radical (unpaired) electrons. The highest BCUT2D eigenvalue weighted by molar-refractivity contribution is 5.98. The third-order valence-corrected chi connectivity index (χ3v) is 6.33. The Kier molecular flexibility index (Phi) is 5.61. The lowest BCUT2D eigenvalue weighted by Crippen LogP contribution is -2.41. The minimum Gasteiger partial charge on any atom is -0.340 e. The first-order chi connectivity index (χ1) is 16.4. The summed E-state index contributed by atoms with van der Waals surface area (Å²) in [5, 5.41) is 4.72. The summed E-state index contributed by atoms with van der Waals surface area (Å²) in [4.78, 5) is 37.4. The summed E-state index contributed by atoms with van der Waals surface area (Å²) in [5.74, 6) is -0.485. The molecule has 3 heterocycles. The maximum atomic E-state index is 14.9. The number of benzene rings is 2. The van der Waals surface area contributed by atoms with Gasteiger partial charge in [0.25, 0.3) is 11.5 Å². The van der Waals surface area contributed by atoms with E-state index in [9.17, 15) is 14.0 Å². The lowest BCUT2D eigenvalue weighted by molar-refractivity contribution is 0.0700. The predicted octanol–water partition coefficient (Wildman–Crippen LogP) is 3.30. The molecular formula is C25H25FN6O2. The lowest BCUT2D eigenvalue weighted by Gasteiger charge is -2.27. The van der Waals surface area contributed by atoms with Gasteiger partial charge in [-0.3, -0.25) is 14.6 Å². The van der Waals surface area contributed by atoms with Crippen molar-refractivity contribution in [2.24, 2.45) is 0 Å². The summed E-state index contributed by atoms with van der Waals surface area (Å²) < 4.78 is 16.4. The molecule has 1 aliphatic heterocycles. The number of nitrogens with zero attached hydrogens (tertiary/aromatic N) is 5. The van der Waals surface area contributed by atoms with Gasteiger partial charge in [0.15, 0.2) is 0 Å². The number of halogens is 1. The summed E-state index contributed by atoms with van der Waals surface area (Å²) >= 11 is 0. The first-order valence-electron chi connectivity index (χ1n) is 11.3. The lowest BCUT2D eigenvalue weighted by atomic mass is 10.1. The molecule has 8 nitrogen and oxygen atoms in total. The van der Waals surface area contributed by atoms with Gasteiger partial charge in [0, 0.05) is 38.1 Å². The van der Waals surface area contributed by atoms with E-state index in [1.165, 1.54) is 10.7 Å². The van der Waals surface area contributed by atoms with Crippen LogP contribution >= 0.6 is 0 Å². The summed E-state index contributed by atoms with van der Waals surface area (Å²) in [5.41, 5.74) is 1.83. The number of aryl methyl sites for hydroxylation is 1. The molecule has 0 aliphatic carbocycles. The van der Waals surface area contributed by atoms with Gasteiger partial charge in [0.2, 0.25) is 5.95 Å². The number of aromatic nitrogens is 4. The number of fused-ring (bicyclic) bond motifs is 1. The third kappa shape index (κ3) is 3.93. The van der Waals surface area contributed by atoms with E-state index in [0.717, 1.165) is 5.56 Å². The molecular weight excluding hydrogens is 435 g/mol. The van der Waals surface area contributed by atoms with Crippen molar-refractivity contribution in [3.05, 3.63) is 82.2 Å². The van der Waals surface area contributed by atoms with Crippen LogP contribution in [0.4, 0.5) is 10.3 Å². The van der Waals surface area contributed by atoms with Crippen LogP contribution in [0.5, 0.6) is 0 Å². The van der Waals surface area contributed by atoms with E-state index in [2.05, 4.69) is 15.1 Å². The summed E-state index contributed by atoms with van der Waals surface area (Å²) in [6.45, 7) is 5.32. The minimum absolute atomic E-state index is 0.000827. The number of rotatable bonds is 3. The quantitative estimate of drug-likeness (QED) is 0.507. The van der Waals surface area contributed by atoms with Crippen molar-refractivity contribution in [3.8, 4) is 5.69 Å². The van der Waals surface area contributed by atoms with E-state index in [4.69, 9.17) is 0 Å². The smallest absolute Gasteiger partial charge is 0.260 e. The second-order valence-corrected chi connectivity index (χ2v) is 8.62. The van der Waals surface area contributed by atoms with E-state index >= 15 is 0 Å². The third-order valence-electron chi connectivity index (χ3n) is 6.33. The monoisotopic (exact) mass is 460 g/mol. The van der Waals surface area contributed by atoms with E-state index in [1.807, 2.05) is 36.9 Å². The molecule has 2 aromatic heterocycles. The maximum absolute atomic E-state index is 14.9. The highest BCUT2D eigenvalue weighted by atomic mass is 19.1. The maximum Gasteiger partial charge on any atom is 0.260 e. The zero-order chi connectivity index (χ0) is 23.8. The van der Waals surface area contributed by atoms with Crippen LogP contribution in [0.25, 0.3) is 16.6 Å². The summed E-state index contributed by atoms with van der Waals surface area (Å²) in [6.07, 6.45) is 3.92. The zero-order valence-corrected chi connectivity index (χ0v) is 19.0. The Morgan fingerprint density at radius 2 is 2.00 bits per heavy atom. The molecule has 1 atom stereocenters. The number of hydrogen-bond donors (Lipinski definition) is 1. The second-order valence-electron chi connectivity index (χ2n) is 8.62. The Morgan fingerprint density at radius 3 is 2.79 bits per heavy atom. The fraction of sp³-hybridized carbons (Fsp3) is 0.280. The normalized spacial score (nSPS) is 16.6. The van der Waals surface area contributed by atoms with Crippen LogP contribution in [0, 0.1) is 12.7 Å². The van der Waals surface area contributed by atoms with Gasteiger partial charge >= 0.3 is 0 Å². The number of hydrogen-bond acceptors (Lipinski definition) is 5. The van der Waals surface area contributed by atoms with E-state index in [1.54, 1.807) is 35.5 Å². The zero-order valence-electron chi connectivity index (χ0n) is 19.0. The summed E-state index contributed by atoms with van der Waals surface area (Å²) in [6, 6.07) is 11.7. The number of aromatic amines is 1. The molecule has 1 fully saturated rings. The van der Waals surface area contributed by atoms with Crippen molar-refractivity contribution < 1.29 is 9.18 Å². The van der Waals surface area contributed by atoms with Gasteiger partial charge < -0.3 is 9.80 Å². The van der Waals surface area contributed by atoms with Crippen molar-refractivity contribution in [2.75, 3.05) is 24.5 Å². The molecule has 34 heavy (non-hydrogen) atoms. The molecule has 1 amide bonds. The SMILES string of the molecule is Cc1ccc2nc(N3CCC(C)N(C(=O)c4c(F)cccc4-n4cccn4)CC3)[nH]c(=O)c2c1. The molecule has 1 N–H and O–H groups in total. The van der Waals surface area contributed by atoms with E-state index in [0.29, 0.717) is 48.6 Å². The van der Waals surface area contributed by atoms with Crippen LogP contribution in [0.3, 0.4) is 0 Å². The number of anilines is 1. The van der Waals surface area contributed by atoms with Crippen molar-refractivity contribution in [1.29, 1.82) is 0 Å². The average Bonchev–Trinajstić information content (AvgIpc) is 3.28. The van der Waals surface area contributed by atoms with Crippen LogP contribution in [-0.4, -0.2) is 56.2 Å². The van der Waals surface area contributed by atoms with Gasteiger partial charge in [0.05, 0.1) is 16.6 Å². The largest absolute Gasteiger partial charge is 0.340 e. The Balaban J connectivity index is 1.43. The molecule has 0 bridgehead atoms. The molecule has 1 aliphatic rings. The first-order valence-corrected chi connectivity index (χ1v) is 11.3. The fourth-order valence-corrected chi connectivity index (χ4v) is 4.43. The molecule has 0 spiro atoms. The topological polar surface area (TPSA) is 87.1 Å². The Morgan fingerprint density at radius 1 is 1.15 bits per heavy atom. The number of carbonyl (C=O) groups excluding carboxylic acids is 1. The number of amides is 1. The predicted molar refractivity (Wildman–Crippen MR) is 128 cm³/mol. The van der Waals surface area contributed by atoms with Crippen molar-refractivity contribution >= 4 is 22.8 Å². The molecule has 2 aromatic carbocycles. The van der Waals surface area contributed by atoms with Crippen molar-refractivity contribution in [2.45, 2.75) is 26.3 Å². The Labute approximate surface area is 195 Å². The van der Waals surface area contributed by atoms with Gasteiger partial charge in [-0.2, -0.15) is 5.10 Å². The van der Waals surface area contributed by atoms with Gasteiger partial charge in [0.1, 0.15) is 11.4 Å². The molecule has 5 rings (SSSR count). The molecule has 0 saturated carbocycles. The molecule has 4 aromatic rings. The number of H-pyrrole nitrogens is 1. The van der Waals surface area contributed by atoms with Gasteiger partial charge in [-0.1, -0.05) is 17.7 Å². The first kappa shape index (κ1) is 21.8. The standard InChI is InChI=1S/C25H25FN6O2/c1-16-7-8-20-18(15-16)23(33)29-25(28-20)30-12-9-17(2)31(14-13-30)24(34)22-19(26)5-3-6-21(22)32-11-4-10-27-32/h3-8,10-11,15,17H,9,12-14H2,1-2H3,(H,28,29,33). The van der Waals surface area contributed by atoms with Crippen LogP contribution < -0.4 is 10.5 Å². The number of nitrogens with one attached hydrogen (secondary N) is 1. The average molecular weight is 461 g/mol. The Hall–Kier alpha value is -4.01. The van der Waals surface area contributed by atoms with Crippen LogP contribution in [-0.2, 0) is 0 Å². The van der Waals surface area contributed by atoms with Gasteiger partial charge in [-0.25, -0.2) is 14.1 Å². The Bertz CT molecular complexity index is 1410. The van der Waals surface area contributed by atoms with Gasteiger partial charge in [-0.15, -0.1) is 0 Å². The fourth-order valence-electron chi connectivity index (χ4n) is 4.43. The minimum atomic E-state index is -0.581. The van der Waals surface area contributed by atoms with E-state index in [-0.39, 0.29) is 23.1 Å². The summed E-state index contributed by atoms with van der Waals surface area (Å²) in [7, 11) is 0. The van der Waals surface area contributed by atoms with Crippen LogP contribution in [0.15, 0.2) is 59.7 Å². The second kappa shape index (κ2) is 8.74. The van der Waals surface area contributed by atoms with Crippen LogP contribution in [0.2, 0.25) is 0 Å². The molecule has 1 saturated heterocycles. The number of carbonyl (C=O) groups is 1.